The molecule has 0 atom stereocenters. The summed E-state index contributed by atoms with van der Waals surface area (Å²) in [5.41, 5.74) is 0.314. The van der Waals surface area contributed by atoms with Crippen LogP contribution in [-0.4, -0.2) is 46.5 Å². The molecule has 1 aromatic carbocycles. The number of esters is 1. The number of methoxy groups -OCH3 is 1. The molecule has 0 fully saturated rings. The van der Waals surface area contributed by atoms with E-state index in [4.69, 9.17) is 18.9 Å². The summed E-state index contributed by atoms with van der Waals surface area (Å²) < 4.78 is 23.3. The van der Waals surface area contributed by atoms with Crippen LogP contribution in [0.2, 0.25) is 0 Å². The Morgan fingerprint density at radius 2 is 2.16 bits per heavy atom. The zero-order valence-corrected chi connectivity index (χ0v) is 14.2. The highest BCUT2D eigenvalue weighted by molar-refractivity contribution is 5.91. The predicted octanol–water partition coefficient (Wildman–Crippen LogP) is 1.61. The van der Waals surface area contributed by atoms with Crippen LogP contribution < -0.4 is 14.2 Å². The van der Waals surface area contributed by atoms with Crippen LogP contribution in [0.15, 0.2) is 12.1 Å². The second kappa shape index (κ2) is 7.82. The lowest BCUT2D eigenvalue weighted by Gasteiger charge is -2.21. The van der Waals surface area contributed by atoms with Crippen LogP contribution in [0.25, 0.3) is 0 Å². The molecule has 0 saturated heterocycles. The van der Waals surface area contributed by atoms with Gasteiger partial charge >= 0.3 is 5.97 Å². The number of nitrogens with zero attached hydrogens (tertiary/aromatic N) is 4. The van der Waals surface area contributed by atoms with Crippen molar-refractivity contribution in [2.45, 2.75) is 32.9 Å². The fourth-order valence-corrected chi connectivity index (χ4v) is 2.41. The van der Waals surface area contributed by atoms with Crippen LogP contribution >= 0.6 is 0 Å². The van der Waals surface area contributed by atoms with E-state index in [0.717, 1.165) is 12.8 Å². The molecule has 2 heterocycles. The topological polar surface area (TPSA) is 97.6 Å². The molecular formula is C16H20N4O5. The third kappa shape index (κ3) is 3.81. The summed E-state index contributed by atoms with van der Waals surface area (Å²) in [5.74, 6) is 1.38. The molecule has 9 nitrogen and oxygen atoms in total. The van der Waals surface area contributed by atoms with Gasteiger partial charge in [-0.3, -0.25) is 0 Å². The molecule has 3 rings (SSSR count). The minimum Gasteiger partial charge on any atom is -0.493 e. The quantitative estimate of drug-likeness (QED) is 0.696. The van der Waals surface area contributed by atoms with Gasteiger partial charge in [0.15, 0.2) is 23.9 Å². The van der Waals surface area contributed by atoms with Gasteiger partial charge in [0.25, 0.3) is 0 Å². The van der Waals surface area contributed by atoms with Crippen LogP contribution in [0.5, 0.6) is 17.2 Å². The number of aryl methyl sites for hydroxylation is 1. The maximum atomic E-state index is 12.4. The molecule has 2 aromatic rings. The first-order valence-electron chi connectivity index (χ1n) is 8.12. The second-order valence-electron chi connectivity index (χ2n) is 5.45. The van der Waals surface area contributed by atoms with Crippen LogP contribution in [-0.2, 0) is 17.9 Å². The van der Waals surface area contributed by atoms with E-state index in [9.17, 15) is 4.79 Å². The normalized spacial score (nSPS) is 12.7. The van der Waals surface area contributed by atoms with Crippen LogP contribution in [0.1, 0.15) is 35.9 Å². The number of carbonyl (C=O) groups excluding carboxylic acids is 1. The SMILES string of the molecule is CCCCn1nnnc1COC(=O)c1cc(OC)c2c(c1)OCCO2. The first kappa shape index (κ1) is 17.0. The maximum absolute atomic E-state index is 12.4. The average Bonchev–Trinajstić information content (AvgIpc) is 3.10. The monoisotopic (exact) mass is 348 g/mol. The summed E-state index contributed by atoms with van der Waals surface area (Å²) in [7, 11) is 1.50. The number of hydrogen-bond acceptors (Lipinski definition) is 8. The third-order valence-corrected chi connectivity index (χ3v) is 3.73. The maximum Gasteiger partial charge on any atom is 0.338 e. The van der Waals surface area contributed by atoms with Crippen molar-refractivity contribution >= 4 is 5.97 Å². The Kier molecular flexibility index (Phi) is 5.32. The number of fused-ring (bicyclic) bond motifs is 1. The standard InChI is InChI=1S/C16H20N4O5/c1-3-4-5-20-14(17-18-19-20)10-25-16(21)11-8-12(22-2)15-13(9-11)23-6-7-24-15/h8-9H,3-7,10H2,1-2H3. The zero-order valence-electron chi connectivity index (χ0n) is 14.2. The Morgan fingerprint density at radius 3 is 2.96 bits per heavy atom. The number of aromatic nitrogens is 4. The Bertz CT molecular complexity index is 729. The molecule has 0 saturated carbocycles. The van der Waals surface area contributed by atoms with E-state index in [0.29, 0.717) is 48.4 Å². The van der Waals surface area contributed by atoms with E-state index in [1.165, 1.54) is 7.11 Å². The predicted molar refractivity (Wildman–Crippen MR) is 85.8 cm³/mol. The molecule has 0 N–H and O–H groups in total. The molecule has 0 aliphatic carbocycles. The minimum absolute atomic E-state index is 0.00763. The highest BCUT2D eigenvalue weighted by Gasteiger charge is 2.22. The average molecular weight is 348 g/mol. The summed E-state index contributed by atoms with van der Waals surface area (Å²) in [4.78, 5) is 12.4. The molecule has 25 heavy (non-hydrogen) atoms. The molecule has 134 valence electrons. The fraction of sp³-hybridized carbons (Fsp3) is 0.500. The van der Waals surface area contributed by atoms with Crippen molar-refractivity contribution in [1.29, 1.82) is 0 Å². The van der Waals surface area contributed by atoms with Gasteiger partial charge in [0, 0.05) is 6.54 Å². The smallest absolute Gasteiger partial charge is 0.338 e. The van der Waals surface area contributed by atoms with Gasteiger partial charge in [-0.1, -0.05) is 13.3 Å². The van der Waals surface area contributed by atoms with Crippen molar-refractivity contribution in [3.05, 3.63) is 23.5 Å². The summed E-state index contributed by atoms with van der Waals surface area (Å²) in [6.07, 6.45) is 1.97. The molecule has 1 aromatic heterocycles. The number of tetrazole rings is 1. The van der Waals surface area contributed by atoms with Crippen molar-refractivity contribution in [1.82, 2.24) is 20.2 Å². The van der Waals surface area contributed by atoms with Crippen molar-refractivity contribution in [2.75, 3.05) is 20.3 Å². The summed E-state index contributed by atoms with van der Waals surface area (Å²) in [6, 6.07) is 3.15. The Balaban J connectivity index is 1.70. The number of unbranched alkanes of at least 4 members (excludes halogenated alkanes) is 1. The van der Waals surface area contributed by atoms with E-state index in [-0.39, 0.29) is 6.61 Å². The van der Waals surface area contributed by atoms with Gasteiger partial charge < -0.3 is 18.9 Å². The first-order valence-corrected chi connectivity index (χ1v) is 8.12. The molecule has 9 heteroatoms. The number of benzene rings is 1. The van der Waals surface area contributed by atoms with E-state index in [1.54, 1.807) is 16.8 Å². The number of ether oxygens (including phenoxy) is 4. The van der Waals surface area contributed by atoms with Crippen molar-refractivity contribution in [3.63, 3.8) is 0 Å². The molecule has 0 bridgehead atoms. The van der Waals surface area contributed by atoms with Gasteiger partial charge in [0.05, 0.1) is 12.7 Å². The molecule has 1 aliphatic rings. The highest BCUT2D eigenvalue weighted by Crippen LogP contribution is 2.40. The molecule has 0 radical (unpaired) electrons. The lowest BCUT2D eigenvalue weighted by atomic mass is 10.1. The number of hydrogen-bond donors (Lipinski definition) is 0. The van der Waals surface area contributed by atoms with Crippen molar-refractivity contribution in [2.24, 2.45) is 0 Å². The summed E-state index contributed by atoms with van der Waals surface area (Å²) in [6.45, 7) is 3.62. The van der Waals surface area contributed by atoms with Gasteiger partial charge in [0.2, 0.25) is 5.75 Å². The van der Waals surface area contributed by atoms with E-state index in [1.807, 2.05) is 0 Å². The third-order valence-electron chi connectivity index (χ3n) is 3.73. The van der Waals surface area contributed by atoms with E-state index < -0.39 is 5.97 Å². The largest absolute Gasteiger partial charge is 0.493 e. The van der Waals surface area contributed by atoms with Crippen LogP contribution in [0.3, 0.4) is 0 Å². The molecule has 0 spiro atoms. The van der Waals surface area contributed by atoms with Gasteiger partial charge in [-0.05, 0) is 29.0 Å². The summed E-state index contributed by atoms with van der Waals surface area (Å²) in [5, 5.41) is 11.4. The highest BCUT2D eigenvalue weighted by atomic mass is 16.6. The molecule has 1 aliphatic heterocycles. The van der Waals surface area contributed by atoms with Crippen molar-refractivity contribution < 1.29 is 23.7 Å². The number of rotatable bonds is 7. The minimum atomic E-state index is -0.514. The molecular weight excluding hydrogens is 328 g/mol. The summed E-state index contributed by atoms with van der Waals surface area (Å²) >= 11 is 0. The van der Waals surface area contributed by atoms with Crippen LogP contribution in [0, 0.1) is 0 Å². The van der Waals surface area contributed by atoms with E-state index >= 15 is 0 Å². The Hall–Kier alpha value is -2.84. The second-order valence-corrected chi connectivity index (χ2v) is 5.45. The van der Waals surface area contributed by atoms with Gasteiger partial charge in [0.1, 0.15) is 13.2 Å². The molecule has 0 unspecified atom stereocenters. The van der Waals surface area contributed by atoms with E-state index in [2.05, 4.69) is 22.4 Å². The number of carbonyl (C=O) groups is 1. The first-order chi connectivity index (χ1) is 12.2. The lowest BCUT2D eigenvalue weighted by Crippen LogP contribution is -2.17. The van der Waals surface area contributed by atoms with Gasteiger partial charge in [-0.25, -0.2) is 9.48 Å². The Morgan fingerprint density at radius 1 is 1.32 bits per heavy atom. The zero-order chi connectivity index (χ0) is 17.6. The van der Waals surface area contributed by atoms with Crippen molar-refractivity contribution in [3.8, 4) is 17.2 Å². The van der Waals surface area contributed by atoms with Gasteiger partial charge in [-0.15, -0.1) is 5.10 Å². The fourth-order valence-electron chi connectivity index (χ4n) is 2.41. The Labute approximate surface area is 144 Å². The van der Waals surface area contributed by atoms with Gasteiger partial charge in [-0.2, -0.15) is 0 Å². The molecule has 0 amide bonds. The lowest BCUT2D eigenvalue weighted by molar-refractivity contribution is 0.0454. The van der Waals surface area contributed by atoms with Crippen LogP contribution in [0.4, 0.5) is 0 Å².